The summed E-state index contributed by atoms with van der Waals surface area (Å²) in [6, 6.07) is 1.85. The summed E-state index contributed by atoms with van der Waals surface area (Å²) in [5.74, 6) is -1.55. The number of nitrogens with one attached hydrogen (secondary N) is 1. The van der Waals surface area contributed by atoms with Crippen molar-refractivity contribution in [1.29, 1.82) is 0 Å². The Balaban J connectivity index is 0.00000529. The van der Waals surface area contributed by atoms with Gasteiger partial charge >= 0.3 is 5.97 Å². The average molecular weight is 431 g/mol. The van der Waals surface area contributed by atoms with E-state index in [1.807, 2.05) is 6.92 Å². The van der Waals surface area contributed by atoms with Crippen LogP contribution in [0.2, 0.25) is 0 Å². The summed E-state index contributed by atoms with van der Waals surface area (Å²) in [6.07, 6.45) is 0.539. The zero-order valence-electron chi connectivity index (χ0n) is 14.7. The number of anilines is 1. The number of hydrogen-bond acceptors (Lipinski definition) is 4. The molecule has 0 aromatic heterocycles. The van der Waals surface area contributed by atoms with E-state index in [0.29, 0.717) is 12.0 Å². The Morgan fingerprint density at radius 2 is 1.92 bits per heavy atom. The van der Waals surface area contributed by atoms with Gasteiger partial charge in [-0.3, -0.25) is 4.79 Å². The van der Waals surface area contributed by atoms with Gasteiger partial charge in [0.15, 0.2) is 6.04 Å². The summed E-state index contributed by atoms with van der Waals surface area (Å²) in [5.41, 5.74) is 0.713. The van der Waals surface area contributed by atoms with Gasteiger partial charge in [-0.2, -0.15) is 0 Å². The fraction of sp³-hybridized carbons (Fsp3) is 0.500. The normalized spacial score (nSPS) is 12.1. The second-order valence-electron chi connectivity index (χ2n) is 5.71. The van der Waals surface area contributed by atoms with Crippen LogP contribution >= 0.6 is 0 Å². The van der Waals surface area contributed by atoms with Crippen molar-refractivity contribution in [3.63, 3.8) is 0 Å². The second kappa shape index (κ2) is 9.85. The molecule has 8 heteroatoms. The molecular weight excluding hydrogens is 408 g/mol. The number of amides is 1. The Bertz CT molecular complexity index is 606. The van der Waals surface area contributed by atoms with Gasteiger partial charge in [0.2, 0.25) is 0 Å². The molecule has 1 rings (SSSR count). The van der Waals surface area contributed by atoms with E-state index in [4.69, 9.17) is 17.6 Å². The van der Waals surface area contributed by atoms with Crippen LogP contribution in [0.4, 0.5) is 10.1 Å². The van der Waals surface area contributed by atoms with Gasteiger partial charge in [0.05, 0.1) is 32.0 Å². The number of likely N-dealkylation sites (N-methyl/N-ethyl adjacent to an activating group) is 1. The number of ether oxygens (including phenoxy) is 1. The zero-order chi connectivity index (χ0) is 17.8. The molecule has 0 saturated carbocycles. The molecule has 1 N–H and O–H groups in total. The molecule has 0 aliphatic carbocycles. The summed E-state index contributed by atoms with van der Waals surface area (Å²) in [6.45, 7) is 5.30. The molecule has 0 spiro atoms. The Hall–Kier alpha value is -0.496. The molecule has 0 aliphatic heterocycles. The summed E-state index contributed by atoms with van der Waals surface area (Å²) >= 11 is 5.30. The Morgan fingerprint density at radius 1 is 1.33 bits per heavy atom. The topological polar surface area (TPSA) is 55.4 Å². The number of aryl methyl sites for hydroxylation is 1. The molecule has 1 unspecified atom stereocenters. The molecule has 1 radical (unpaired) electrons. The van der Waals surface area contributed by atoms with Gasteiger partial charge in [-0.05, 0) is 31.5 Å². The van der Waals surface area contributed by atoms with Crippen molar-refractivity contribution in [1.82, 2.24) is 0 Å². The van der Waals surface area contributed by atoms with E-state index >= 15 is 0 Å². The number of rotatable bonds is 6. The maximum atomic E-state index is 13.6. The first-order chi connectivity index (χ1) is 10.6. The number of esters is 1. The molecule has 0 saturated heterocycles. The molecule has 1 atom stereocenters. The maximum absolute atomic E-state index is 13.6. The molecule has 0 fully saturated rings. The Labute approximate surface area is 173 Å². The van der Waals surface area contributed by atoms with Gasteiger partial charge in [-0.25, -0.2) is 9.18 Å². The molecular formula is C16H23FN2O3SY. The van der Waals surface area contributed by atoms with Crippen LogP contribution in [0.15, 0.2) is 12.1 Å². The maximum Gasteiger partial charge on any atom is 0.340 e. The van der Waals surface area contributed by atoms with Crippen molar-refractivity contribution >= 4 is 30.4 Å². The van der Waals surface area contributed by atoms with Crippen molar-refractivity contribution < 1.29 is 55.3 Å². The monoisotopic (exact) mass is 431 g/mol. The minimum Gasteiger partial charge on any atom is -0.494 e. The first-order valence-corrected chi connectivity index (χ1v) is 7.81. The average Bonchev–Trinajstić information content (AvgIpc) is 2.40. The third-order valence-electron chi connectivity index (χ3n) is 3.48. The first kappa shape index (κ1) is 23.5. The zero-order valence-corrected chi connectivity index (χ0v) is 18.3. The molecule has 1 aromatic carbocycles. The van der Waals surface area contributed by atoms with E-state index in [2.05, 4.69) is 5.32 Å². The predicted octanol–water partition coefficient (Wildman–Crippen LogP) is 2.56. The smallest absolute Gasteiger partial charge is 0.340 e. The number of halogens is 1. The number of benzene rings is 1. The van der Waals surface area contributed by atoms with Crippen LogP contribution in [0, 0.1) is 12.7 Å². The van der Waals surface area contributed by atoms with Crippen LogP contribution in [0.1, 0.15) is 36.2 Å². The molecule has 131 valence electrons. The fourth-order valence-electron chi connectivity index (χ4n) is 2.39. The van der Waals surface area contributed by atoms with Gasteiger partial charge < -0.3 is 26.8 Å². The van der Waals surface area contributed by atoms with Crippen LogP contribution in [0.3, 0.4) is 0 Å². The molecule has 0 aliphatic rings. The van der Waals surface area contributed by atoms with Crippen LogP contribution in [-0.4, -0.2) is 42.5 Å². The standard InChI is InChI=1S/C16H23FN2O3S.Y/c1-6-13(19(4,5)23)15(20)18-14-10(3)8-11(17)9-12(14)16(21)22-7-2;/h8-9,13H,6-7H2,1-5H3,(H,18,20);. The van der Waals surface area contributed by atoms with E-state index in [0.717, 1.165) is 6.07 Å². The molecule has 24 heavy (non-hydrogen) atoms. The Kier molecular flexibility index (Phi) is 9.65. The quantitative estimate of drug-likeness (QED) is 0.428. The molecule has 5 nitrogen and oxygen atoms in total. The third-order valence-corrected chi connectivity index (χ3v) is 3.74. The minimum absolute atomic E-state index is 0. The van der Waals surface area contributed by atoms with Crippen molar-refractivity contribution in [3.05, 3.63) is 29.1 Å². The third kappa shape index (κ3) is 6.10. The number of carbonyl (C=O) groups excluding carboxylic acids is 2. The van der Waals surface area contributed by atoms with Crippen molar-refractivity contribution in [2.75, 3.05) is 26.0 Å². The van der Waals surface area contributed by atoms with Crippen LogP contribution in [0.25, 0.3) is 0 Å². The van der Waals surface area contributed by atoms with E-state index < -0.39 is 17.8 Å². The van der Waals surface area contributed by atoms with Gasteiger partial charge in [0.25, 0.3) is 5.91 Å². The molecule has 1 aromatic rings. The van der Waals surface area contributed by atoms with Crippen molar-refractivity contribution in [3.8, 4) is 0 Å². The van der Waals surface area contributed by atoms with Gasteiger partial charge in [-0.1, -0.05) is 6.92 Å². The summed E-state index contributed by atoms with van der Waals surface area (Å²) < 4.78 is 18.6. The van der Waals surface area contributed by atoms with Crippen LogP contribution in [-0.2, 0) is 55.1 Å². The molecule has 1 amide bonds. The second-order valence-corrected chi connectivity index (χ2v) is 6.65. The summed E-state index contributed by atoms with van der Waals surface area (Å²) in [7, 11) is 3.49. The van der Waals surface area contributed by atoms with Crippen molar-refractivity contribution in [2.24, 2.45) is 0 Å². The summed E-state index contributed by atoms with van der Waals surface area (Å²) in [5, 5.41) is 2.71. The molecule has 0 heterocycles. The first-order valence-electron chi connectivity index (χ1n) is 7.44. The largest absolute Gasteiger partial charge is 0.494 e. The van der Waals surface area contributed by atoms with Crippen LogP contribution < -0.4 is 5.32 Å². The van der Waals surface area contributed by atoms with Crippen LogP contribution in [0.5, 0.6) is 0 Å². The summed E-state index contributed by atoms with van der Waals surface area (Å²) in [4.78, 5) is 24.5. The molecule has 0 bridgehead atoms. The minimum atomic E-state index is -0.675. The van der Waals surface area contributed by atoms with Gasteiger partial charge in [0, 0.05) is 39.1 Å². The number of carbonyl (C=O) groups is 2. The SMILES string of the molecule is CCOC(=O)c1cc(F)cc(C)c1NC(=O)C(CC)[N+](C)(C)[S-].[Y]. The number of quaternary nitrogens is 1. The number of nitrogens with zero attached hydrogens (tertiary/aromatic N) is 1. The van der Waals surface area contributed by atoms with Gasteiger partial charge in [-0.15, -0.1) is 0 Å². The Morgan fingerprint density at radius 3 is 2.38 bits per heavy atom. The van der Waals surface area contributed by atoms with Crippen molar-refractivity contribution in [2.45, 2.75) is 33.2 Å². The predicted molar refractivity (Wildman–Crippen MR) is 89.3 cm³/mol. The van der Waals surface area contributed by atoms with E-state index in [-0.39, 0.29) is 60.4 Å². The fourth-order valence-corrected chi connectivity index (χ4v) is 2.64. The van der Waals surface area contributed by atoms with E-state index in [1.165, 1.54) is 6.07 Å². The van der Waals surface area contributed by atoms with Gasteiger partial charge in [0.1, 0.15) is 5.82 Å². The number of hydrogen-bond donors (Lipinski definition) is 1. The van der Waals surface area contributed by atoms with E-state index in [9.17, 15) is 14.0 Å². The van der Waals surface area contributed by atoms with E-state index in [1.54, 1.807) is 27.9 Å².